The van der Waals surface area contributed by atoms with Gasteiger partial charge in [0.25, 0.3) is 0 Å². The molecule has 1 heteroatoms. The molecule has 17 heavy (non-hydrogen) atoms. The summed E-state index contributed by atoms with van der Waals surface area (Å²) >= 11 is 0. The van der Waals surface area contributed by atoms with E-state index in [2.05, 4.69) is 31.2 Å². The molecule has 94 valence electrons. The van der Waals surface area contributed by atoms with Gasteiger partial charge < -0.3 is 5.11 Å². The zero-order valence-corrected chi connectivity index (χ0v) is 11.0. The van der Waals surface area contributed by atoms with Gasteiger partial charge in [-0.15, -0.1) is 0 Å². The van der Waals surface area contributed by atoms with Crippen LogP contribution < -0.4 is 0 Å². The minimum absolute atomic E-state index is 0.464. The van der Waals surface area contributed by atoms with E-state index < -0.39 is 5.60 Å². The standard InChI is InChI=1S/C16H24O/c1-13-7-6-10-15(11-13)16(2,17)12-14-8-4-3-5-9-14/h3-5,8-9,13,15,17H,6-7,10-12H2,1-2H3. The van der Waals surface area contributed by atoms with E-state index in [1.54, 1.807) is 0 Å². The molecule has 1 aliphatic rings. The molecule has 1 aromatic carbocycles. The van der Waals surface area contributed by atoms with Gasteiger partial charge in [0.2, 0.25) is 0 Å². The van der Waals surface area contributed by atoms with Gasteiger partial charge in [0, 0.05) is 6.42 Å². The molecule has 3 unspecified atom stereocenters. The summed E-state index contributed by atoms with van der Waals surface area (Å²) in [7, 11) is 0. The highest BCUT2D eigenvalue weighted by atomic mass is 16.3. The number of hydrogen-bond acceptors (Lipinski definition) is 1. The molecule has 1 fully saturated rings. The van der Waals surface area contributed by atoms with Crippen molar-refractivity contribution >= 4 is 0 Å². The van der Waals surface area contributed by atoms with Crippen molar-refractivity contribution in [3.63, 3.8) is 0 Å². The van der Waals surface area contributed by atoms with Crippen molar-refractivity contribution in [2.75, 3.05) is 0 Å². The predicted octanol–water partition coefficient (Wildman–Crippen LogP) is 3.81. The van der Waals surface area contributed by atoms with Crippen LogP contribution in [0.3, 0.4) is 0 Å². The molecule has 0 aliphatic heterocycles. The topological polar surface area (TPSA) is 20.2 Å². The zero-order chi connectivity index (χ0) is 12.3. The average molecular weight is 232 g/mol. The molecule has 1 aliphatic carbocycles. The number of hydrogen-bond donors (Lipinski definition) is 1. The first-order valence-electron chi connectivity index (χ1n) is 6.84. The van der Waals surface area contributed by atoms with E-state index in [0.717, 1.165) is 12.3 Å². The van der Waals surface area contributed by atoms with E-state index in [9.17, 15) is 5.11 Å². The van der Waals surface area contributed by atoms with Crippen LogP contribution in [0, 0.1) is 11.8 Å². The third-order valence-electron chi connectivity index (χ3n) is 4.22. The van der Waals surface area contributed by atoms with Crippen LogP contribution >= 0.6 is 0 Å². The first-order chi connectivity index (χ1) is 8.08. The molecule has 0 spiro atoms. The van der Waals surface area contributed by atoms with Crippen molar-refractivity contribution in [3.8, 4) is 0 Å². The van der Waals surface area contributed by atoms with E-state index in [4.69, 9.17) is 0 Å². The van der Waals surface area contributed by atoms with Crippen LogP contribution in [0.4, 0.5) is 0 Å². The minimum atomic E-state index is -0.546. The van der Waals surface area contributed by atoms with Gasteiger partial charge >= 0.3 is 0 Å². The summed E-state index contributed by atoms with van der Waals surface area (Å²) in [6.45, 7) is 4.33. The van der Waals surface area contributed by atoms with E-state index in [1.807, 2.05) is 13.0 Å². The van der Waals surface area contributed by atoms with Crippen molar-refractivity contribution in [2.24, 2.45) is 11.8 Å². The molecule has 0 heterocycles. The normalized spacial score (nSPS) is 28.6. The van der Waals surface area contributed by atoms with Crippen LogP contribution in [0.2, 0.25) is 0 Å². The first-order valence-corrected chi connectivity index (χ1v) is 6.84. The second-order valence-electron chi connectivity index (χ2n) is 5.99. The van der Waals surface area contributed by atoms with Gasteiger partial charge in [-0.25, -0.2) is 0 Å². The van der Waals surface area contributed by atoms with Crippen LogP contribution in [0.15, 0.2) is 30.3 Å². The molecular weight excluding hydrogens is 208 g/mol. The molecule has 3 atom stereocenters. The molecular formula is C16H24O. The van der Waals surface area contributed by atoms with Gasteiger partial charge in [-0.2, -0.15) is 0 Å². The lowest BCUT2D eigenvalue weighted by molar-refractivity contribution is -0.0238. The lowest BCUT2D eigenvalue weighted by atomic mass is 9.72. The molecule has 2 rings (SSSR count). The van der Waals surface area contributed by atoms with Crippen molar-refractivity contribution in [1.29, 1.82) is 0 Å². The number of aliphatic hydroxyl groups is 1. The Morgan fingerprint density at radius 1 is 1.24 bits per heavy atom. The lowest BCUT2D eigenvalue weighted by Crippen LogP contribution is -2.39. The molecule has 1 nitrogen and oxygen atoms in total. The second kappa shape index (κ2) is 5.22. The maximum absolute atomic E-state index is 10.7. The largest absolute Gasteiger partial charge is 0.390 e. The minimum Gasteiger partial charge on any atom is -0.390 e. The van der Waals surface area contributed by atoms with Crippen LogP contribution in [-0.2, 0) is 6.42 Å². The van der Waals surface area contributed by atoms with Crippen molar-refractivity contribution in [3.05, 3.63) is 35.9 Å². The Bertz CT molecular complexity index is 342. The summed E-state index contributed by atoms with van der Waals surface area (Å²) in [6.07, 6.45) is 5.75. The van der Waals surface area contributed by atoms with E-state index in [0.29, 0.717) is 5.92 Å². The summed E-state index contributed by atoms with van der Waals surface area (Å²) in [5, 5.41) is 10.7. The van der Waals surface area contributed by atoms with E-state index in [1.165, 1.54) is 31.2 Å². The molecule has 0 aromatic heterocycles. The molecule has 1 N–H and O–H groups in total. The Morgan fingerprint density at radius 2 is 1.94 bits per heavy atom. The molecule has 0 amide bonds. The smallest absolute Gasteiger partial charge is 0.0688 e. The van der Waals surface area contributed by atoms with E-state index >= 15 is 0 Å². The quantitative estimate of drug-likeness (QED) is 0.840. The van der Waals surface area contributed by atoms with Gasteiger partial charge in [0.15, 0.2) is 0 Å². The predicted molar refractivity (Wildman–Crippen MR) is 71.9 cm³/mol. The Hall–Kier alpha value is -0.820. The Labute approximate surface area is 105 Å². The average Bonchev–Trinajstić information content (AvgIpc) is 2.30. The fraction of sp³-hybridized carbons (Fsp3) is 0.625. The molecule has 1 saturated carbocycles. The maximum Gasteiger partial charge on any atom is 0.0688 e. The summed E-state index contributed by atoms with van der Waals surface area (Å²) in [5.41, 5.74) is 0.700. The highest BCUT2D eigenvalue weighted by molar-refractivity contribution is 5.17. The van der Waals surface area contributed by atoms with Gasteiger partial charge in [0.1, 0.15) is 0 Å². The third-order valence-corrected chi connectivity index (χ3v) is 4.22. The number of rotatable bonds is 3. The molecule has 0 bridgehead atoms. The highest BCUT2D eigenvalue weighted by Crippen LogP contribution is 2.37. The monoisotopic (exact) mass is 232 g/mol. The van der Waals surface area contributed by atoms with Crippen molar-refractivity contribution in [2.45, 2.75) is 51.6 Å². The van der Waals surface area contributed by atoms with Crippen LogP contribution in [0.25, 0.3) is 0 Å². The fourth-order valence-corrected chi connectivity index (χ4v) is 3.15. The van der Waals surface area contributed by atoms with Gasteiger partial charge in [-0.1, -0.05) is 50.1 Å². The summed E-state index contributed by atoms with van der Waals surface area (Å²) in [5.74, 6) is 1.24. The number of benzene rings is 1. The van der Waals surface area contributed by atoms with Crippen LogP contribution in [-0.4, -0.2) is 10.7 Å². The Kier molecular flexibility index (Phi) is 3.88. The zero-order valence-electron chi connectivity index (χ0n) is 11.0. The second-order valence-corrected chi connectivity index (χ2v) is 5.99. The highest BCUT2D eigenvalue weighted by Gasteiger charge is 2.34. The lowest BCUT2D eigenvalue weighted by Gasteiger charge is -2.38. The molecule has 1 aromatic rings. The molecule has 0 radical (unpaired) electrons. The van der Waals surface area contributed by atoms with Gasteiger partial charge in [-0.05, 0) is 37.2 Å². The van der Waals surface area contributed by atoms with Gasteiger partial charge in [0.05, 0.1) is 5.60 Å². The molecule has 0 saturated heterocycles. The fourth-order valence-electron chi connectivity index (χ4n) is 3.15. The third kappa shape index (κ3) is 3.32. The summed E-state index contributed by atoms with van der Waals surface area (Å²) in [4.78, 5) is 0. The first kappa shape index (κ1) is 12.6. The van der Waals surface area contributed by atoms with Crippen molar-refractivity contribution < 1.29 is 5.11 Å². The van der Waals surface area contributed by atoms with Crippen LogP contribution in [0.1, 0.15) is 45.1 Å². The Balaban J connectivity index is 2.02. The summed E-state index contributed by atoms with van der Waals surface area (Å²) in [6, 6.07) is 10.4. The van der Waals surface area contributed by atoms with E-state index in [-0.39, 0.29) is 0 Å². The van der Waals surface area contributed by atoms with Crippen LogP contribution in [0.5, 0.6) is 0 Å². The Morgan fingerprint density at radius 3 is 2.59 bits per heavy atom. The summed E-state index contributed by atoms with van der Waals surface area (Å²) < 4.78 is 0. The van der Waals surface area contributed by atoms with Crippen molar-refractivity contribution in [1.82, 2.24) is 0 Å². The van der Waals surface area contributed by atoms with Gasteiger partial charge in [-0.3, -0.25) is 0 Å². The SMILES string of the molecule is CC1CCCC(C(C)(O)Cc2ccccc2)C1. The maximum atomic E-state index is 10.7.